The van der Waals surface area contributed by atoms with Gasteiger partial charge in [0.2, 0.25) is 0 Å². The van der Waals surface area contributed by atoms with Crippen LogP contribution in [0.4, 0.5) is 5.69 Å². The first kappa shape index (κ1) is 15.1. The highest BCUT2D eigenvalue weighted by Gasteiger charge is 2.14. The largest absolute Gasteiger partial charge is 0.489 e. The van der Waals surface area contributed by atoms with E-state index in [1.165, 1.54) is 12.8 Å². The normalized spacial score (nSPS) is 18.4. The van der Waals surface area contributed by atoms with Gasteiger partial charge in [0.05, 0.1) is 17.9 Å². The first-order valence-electron chi connectivity index (χ1n) is 7.57. The molecule has 0 aliphatic carbocycles. The first-order valence-corrected chi connectivity index (χ1v) is 7.57. The number of benzene rings is 1. The lowest BCUT2D eigenvalue weighted by atomic mass is 10.2. The lowest BCUT2D eigenvalue weighted by Crippen LogP contribution is -2.30. The Morgan fingerprint density at radius 2 is 2.15 bits per heavy atom. The molecule has 20 heavy (non-hydrogen) atoms. The van der Waals surface area contributed by atoms with Crippen molar-refractivity contribution in [1.82, 2.24) is 5.32 Å². The molecule has 0 bridgehead atoms. The van der Waals surface area contributed by atoms with Gasteiger partial charge in [0.1, 0.15) is 5.75 Å². The van der Waals surface area contributed by atoms with Crippen molar-refractivity contribution in [2.75, 3.05) is 31.6 Å². The maximum absolute atomic E-state index is 5.78. The molecule has 0 spiro atoms. The van der Waals surface area contributed by atoms with E-state index in [4.69, 9.17) is 9.47 Å². The van der Waals surface area contributed by atoms with Crippen molar-refractivity contribution in [2.24, 2.45) is 0 Å². The van der Waals surface area contributed by atoms with Crippen LogP contribution in [0.15, 0.2) is 24.3 Å². The van der Waals surface area contributed by atoms with E-state index in [1.807, 2.05) is 32.0 Å². The average Bonchev–Trinajstić information content (AvgIpc) is 2.93. The maximum atomic E-state index is 5.78. The summed E-state index contributed by atoms with van der Waals surface area (Å²) in [5.41, 5.74) is 1.06. The molecular formula is C16H26N2O2. The van der Waals surface area contributed by atoms with E-state index in [0.717, 1.165) is 37.7 Å². The van der Waals surface area contributed by atoms with Crippen molar-refractivity contribution < 1.29 is 9.47 Å². The van der Waals surface area contributed by atoms with E-state index in [1.54, 1.807) is 0 Å². The lowest BCUT2D eigenvalue weighted by Gasteiger charge is -2.16. The Bertz CT molecular complexity index is 390. The Kier molecular flexibility index (Phi) is 6.15. The summed E-state index contributed by atoms with van der Waals surface area (Å²) in [6, 6.07) is 8.08. The SMILES string of the molecule is CC(C)Oc1ccccc1NCCNCC1CCCO1. The molecule has 112 valence electrons. The average molecular weight is 278 g/mol. The van der Waals surface area contributed by atoms with Crippen LogP contribution in [0, 0.1) is 0 Å². The summed E-state index contributed by atoms with van der Waals surface area (Å²) in [4.78, 5) is 0. The Morgan fingerprint density at radius 3 is 2.90 bits per heavy atom. The van der Waals surface area contributed by atoms with Crippen LogP contribution in [0.2, 0.25) is 0 Å². The number of ether oxygens (including phenoxy) is 2. The highest BCUT2D eigenvalue weighted by molar-refractivity contribution is 5.56. The van der Waals surface area contributed by atoms with Crippen molar-refractivity contribution in [2.45, 2.75) is 38.9 Å². The highest BCUT2D eigenvalue weighted by Crippen LogP contribution is 2.24. The minimum Gasteiger partial charge on any atom is -0.489 e. The second-order valence-electron chi connectivity index (χ2n) is 5.43. The Balaban J connectivity index is 1.67. The fraction of sp³-hybridized carbons (Fsp3) is 0.625. The zero-order valence-electron chi connectivity index (χ0n) is 12.5. The minimum absolute atomic E-state index is 0.190. The van der Waals surface area contributed by atoms with Gasteiger partial charge < -0.3 is 20.1 Å². The van der Waals surface area contributed by atoms with E-state index in [9.17, 15) is 0 Å². The molecule has 1 heterocycles. The molecule has 1 aromatic rings. The topological polar surface area (TPSA) is 42.5 Å². The third kappa shape index (κ3) is 5.02. The molecule has 0 saturated carbocycles. The summed E-state index contributed by atoms with van der Waals surface area (Å²) in [6.45, 7) is 7.76. The second kappa shape index (κ2) is 8.12. The maximum Gasteiger partial charge on any atom is 0.142 e. The molecule has 1 unspecified atom stereocenters. The van der Waals surface area contributed by atoms with Gasteiger partial charge in [-0.05, 0) is 38.8 Å². The van der Waals surface area contributed by atoms with Gasteiger partial charge >= 0.3 is 0 Å². The van der Waals surface area contributed by atoms with Crippen LogP contribution >= 0.6 is 0 Å². The van der Waals surface area contributed by atoms with Crippen molar-refractivity contribution in [3.63, 3.8) is 0 Å². The Labute approximate surface area is 121 Å². The number of nitrogens with one attached hydrogen (secondary N) is 2. The summed E-state index contributed by atoms with van der Waals surface area (Å²) < 4.78 is 11.4. The summed E-state index contributed by atoms with van der Waals surface area (Å²) >= 11 is 0. The van der Waals surface area contributed by atoms with Crippen LogP contribution in [-0.4, -0.2) is 38.4 Å². The minimum atomic E-state index is 0.190. The highest BCUT2D eigenvalue weighted by atomic mass is 16.5. The molecule has 1 aliphatic heterocycles. The van der Waals surface area contributed by atoms with Crippen LogP contribution in [0.25, 0.3) is 0 Å². The smallest absolute Gasteiger partial charge is 0.142 e. The van der Waals surface area contributed by atoms with E-state index in [0.29, 0.717) is 6.10 Å². The molecule has 2 N–H and O–H groups in total. The summed E-state index contributed by atoms with van der Waals surface area (Å²) in [7, 11) is 0. The molecule has 1 saturated heterocycles. The molecule has 0 aromatic heterocycles. The van der Waals surface area contributed by atoms with Gasteiger partial charge in [-0.2, -0.15) is 0 Å². The molecule has 4 nitrogen and oxygen atoms in total. The van der Waals surface area contributed by atoms with Gasteiger partial charge in [-0.25, -0.2) is 0 Å². The number of hydrogen-bond acceptors (Lipinski definition) is 4. The zero-order chi connectivity index (χ0) is 14.2. The van der Waals surface area contributed by atoms with Gasteiger partial charge in [0.15, 0.2) is 0 Å². The first-order chi connectivity index (χ1) is 9.75. The molecule has 0 radical (unpaired) electrons. The number of rotatable bonds is 8. The number of hydrogen-bond donors (Lipinski definition) is 2. The molecular weight excluding hydrogens is 252 g/mol. The van der Waals surface area contributed by atoms with Crippen molar-refractivity contribution in [3.05, 3.63) is 24.3 Å². The van der Waals surface area contributed by atoms with Gasteiger partial charge in [0, 0.05) is 26.2 Å². The molecule has 2 rings (SSSR count). The monoisotopic (exact) mass is 278 g/mol. The van der Waals surface area contributed by atoms with Crippen LogP contribution in [0.3, 0.4) is 0 Å². The van der Waals surface area contributed by atoms with Crippen LogP contribution < -0.4 is 15.4 Å². The third-order valence-corrected chi connectivity index (χ3v) is 3.26. The summed E-state index contributed by atoms with van der Waals surface area (Å²) in [6.07, 6.45) is 2.98. The Hall–Kier alpha value is -1.26. The van der Waals surface area contributed by atoms with Crippen LogP contribution in [0.1, 0.15) is 26.7 Å². The van der Waals surface area contributed by atoms with E-state index < -0.39 is 0 Å². The zero-order valence-corrected chi connectivity index (χ0v) is 12.5. The number of para-hydroxylation sites is 2. The van der Waals surface area contributed by atoms with Gasteiger partial charge in [-0.15, -0.1) is 0 Å². The third-order valence-electron chi connectivity index (χ3n) is 3.26. The summed E-state index contributed by atoms with van der Waals surface area (Å²) in [5, 5.41) is 6.85. The lowest BCUT2D eigenvalue weighted by molar-refractivity contribution is 0.110. The second-order valence-corrected chi connectivity index (χ2v) is 5.43. The number of anilines is 1. The molecule has 1 aromatic carbocycles. The molecule has 1 fully saturated rings. The molecule has 0 amide bonds. The van der Waals surface area contributed by atoms with Gasteiger partial charge in [0.25, 0.3) is 0 Å². The quantitative estimate of drug-likeness (QED) is 0.717. The molecule has 4 heteroatoms. The van der Waals surface area contributed by atoms with Crippen LogP contribution in [-0.2, 0) is 4.74 Å². The van der Waals surface area contributed by atoms with Crippen LogP contribution in [0.5, 0.6) is 5.75 Å². The van der Waals surface area contributed by atoms with Gasteiger partial charge in [-0.3, -0.25) is 0 Å². The van der Waals surface area contributed by atoms with Crippen molar-refractivity contribution in [1.29, 1.82) is 0 Å². The Morgan fingerprint density at radius 1 is 1.30 bits per heavy atom. The molecule has 1 aliphatic rings. The van der Waals surface area contributed by atoms with Crippen molar-refractivity contribution >= 4 is 5.69 Å². The standard InChI is InChI=1S/C16H26N2O2/c1-13(2)20-16-8-4-3-7-15(16)18-10-9-17-12-14-6-5-11-19-14/h3-4,7-8,13-14,17-18H,5-6,9-12H2,1-2H3. The van der Waals surface area contributed by atoms with E-state index in [2.05, 4.69) is 16.7 Å². The fourth-order valence-corrected chi connectivity index (χ4v) is 2.32. The predicted molar refractivity (Wildman–Crippen MR) is 82.5 cm³/mol. The predicted octanol–water partition coefficient (Wildman–Crippen LogP) is 2.65. The molecule has 1 atom stereocenters. The van der Waals surface area contributed by atoms with E-state index in [-0.39, 0.29) is 6.10 Å². The van der Waals surface area contributed by atoms with E-state index >= 15 is 0 Å². The van der Waals surface area contributed by atoms with Gasteiger partial charge in [-0.1, -0.05) is 12.1 Å². The van der Waals surface area contributed by atoms with Crippen molar-refractivity contribution in [3.8, 4) is 5.75 Å². The summed E-state index contributed by atoms with van der Waals surface area (Å²) in [5.74, 6) is 0.918. The fourth-order valence-electron chi connectivity index (χ4n) is 2.32.